The van der Waals surface area contributed by atoms with E-state index in [0.717, 1.165) is 42.7 Å². The van der Waals surface area contributed by atoms with E-state index in [1.165, 1.54) is 0 Å². The van der Waals surface area contributed by atoms with Gasteiger partial charge in [0.1, 0.15) is 0 Å². The molecule has 0 aliphatic carbocycles. The van der Waals surface area contributed by atoms with E-state index in [4.69, 9.17) is 16.3 Å². The molecule has 1 saturated heterocycles. The first-order valence-electron chi connectivity index (χ1n) is 10.2. The van der Waals surface area contributed by atoms with Crippen LogP contribution in [0.4, 0.5) is 11.4 Å². The van der Waals surface area contributed by atoms with Crippen molar-refractivity contribution in [1.29, 1.82) is 0 Å². The van der Waals surface area contributed by atoms with Gasteiger partial charge in [-0.25, -0.2) is 8.42 Å². The average Bonchev–Trinajstić information content (AvgIpc) is 2.80. The van der Waals surface area contributed by atoms with Gasteiger partial charge in [0.2, 0.25) is 0 Å². The van der Waals surface area contributed by atoms with Gasteiger partial charge in [0, 0.05) is 36.6 Å². The lowest BCUT2D eigenvalue weighted by Gasteiger charge is -2.33. The molecule has 5 nitrogen and oxygen atoms in total. The summed E-state index contributed by atoms with van der Waals surface area (Å²) in [6.07, 6.45) is 2.31. The van der Waals surface area contributed by atoms with Crippen molar-refractivity contribution in [3.63, 3.8) is 0 Å². The van der Waals surface area contributed by atoms with E-state index >= 15 is 0 Å². The molecule has 0 bridgehead atoms. The van der Waals surface area contributed by atoms with Crippen LogP contribution in [0.5, 0.6) is 0 Å². The Morgan fingerprint density at radius 3 is 2.26 bits per heavy atom. The maximum Gasteiger partial charge on any atom is 0.261 e. The molecule has 1 aliphatic heterocycles. The van der Waals surface area contributed by atoms with Gasteiger partial charge in [0.15, 0.2) is 0 Å². The first-order chi connectivity index (χ1) is 14.9. The zero-order valence-electron chi connectivity index (χ0n) is 17.3. The largest absolute Gasteiger partial charge is 0.381 e. The summed E-state index contributed by atoms with van der Waals surface area (Å²) in [5, 5.41) is 0.640. The van der Waals surface area contributed by atoms with Gasteiger partial charge in [-0.15, -0.1) is 0 Å². The predicted octanol–water partition coefficient (Wildman–Crippen LogP) is 5.42. The molecular weight excluding hydrogens is 432 g/mol. The molecule has 0 spiro atoms. The molecule has 162 valence electrons. The van der Waals surface area contributed by atoms with E-state index in [0.29, 0.717) is 16.8 Å². The molecule has 3 aromatic rings. The molecule has 0 unspecified atom stereocenters. The van der Waals surface area contributed by atoms with Gasteiger partial charge in [-0.2, -0.15) is 0 Å². The Kier molecular flexibility index (Phi) is 6.51. The Morgan fingerprint density at radius 1 is 0.935 bits per heavy atom. The molecule has 0 atom stereocenters. The smallest absolute Gasteiger partial charge is 0.261 e. The third-order valence-corrected chi connectivity index (χ3v) is 7.21. The first-order valence-corrected chi connectivity index (χ1v) is 12.1. The number of methoxy groups -OCH3 is 1. The van der Waals surface area contributed by atoms with Gasteiger partial charge >= 0.3 is 0 Å². The summed E-state index contributed by atoms with van der Waals surface area (Å²) in [7, 11) is -1.95. The zero-order chi connectivity index (χ0) is 21.8. The highest BCUT2D eigenvalue weighted by molar-refractivity contribution is 7.92. The summed E-state index contributed by atoms with van der Waals surface area (Å²) in [5.74, 6) is 0. The van der Waals surface area contributed by atoms with Crippen LogP contribution in [-0.2, 0) is 14.8 Å². The lowest BCUT2D eigenvalue weighted by Crippen LogP contribution is -2.36. The molecule has 1 fully saturated rings. The summed E-state index contributed by atoms with van der Waals surface area (Å²) in [6.45, 7) is 1.86. The minimum absolute atomic E-state index is 0.214. The Morgan fingerprint density at radius 2 is 1.61 bits per heavy atom. The van der Waals surface area contributed by atoms with Crippen LogP contribution in [0.1, 0.15) is 12.8 Å². The number of rotatable bonds is 6. The van der Waals surface area contributed by atoms with Gasteiger partial charge < -0.3 is 9.64 Å². The molecule has 0 aromatic heterocycles. The number of piperidine rings is 1. The molecule has 3 aromatic carbocycles. The van der Waals surface area contributed by atoms with Gasteiger partial charge in [-0.05, 0) is 72.5 Å². The molecule has 4 rings (SSSR count). The number of anilines is 2. The Hall–Kier alpha value is -2.54. The topological polar surface area (TPSA) is 58.6 Å². The number of hydrogen-bond acceptors (Lipinski definition) is 4. The highest BCUT2D eigenvalue weighted by Crippen LogP contribution is 2.27. The highest BCUT2D eigenvalue weighted by atomic mass is 35.5. The summed E-state index contributed by atoms with van der Waals surface area (Å²) >= 11 is 5.95. The van der Waals surface area contributed by atoms with Crippen molar-refractivity contribution in [3.05, 3.63) is 77.8 Å². The van der Waals surface area contributed by atoms with Gasteiger partial charge in [-0.1, -0.05) is 35.9 Å². The van der Waals surface area contributed by atoms with E-state index in [9.17, 15) is 8.42 Å². The fourth-order valence-electron chi connectivity index (χ4n) is 3.79. The van der Waals surface area contributed by atoms with E-state index in [1.807, 2.05) is 30.3 Å². The van der Waals surface area contributed by atoms with Gasteiger partial charge in [0.05, 0.1) is 11.0 Å². The summed E-state index contributed by atoms with van der Waals surface area (Å²) in [6, 6.07) is 21.7. The van der Waals surface area contributed by atoms with E-state index in [-0.39, 0.29) is 4.90 Å². The van der Waals surface area contributed by atoms with Crippen LogP contribution in [0.3, 0.4) is 0 Å². The second-order valence-corrected chi connectivity index (χ2v) is 9.73. The van der Waals surface area contributed by atoms with Crippen molar-refractivity contribution in [1.82, 2.24) is 0 Å². The monoisotopic (exact) mass is 456 g/mol. The maximum absolute atomic E-state index is 12.9. The second-order valence-electron chi connectivity index (χ2n) is 7.61. The molecule has 0 amide bonds. The zero-order valence-corrected chi connectivity index (χ0v) is 18.9. The number of halogens is 1. The van der Waals surface area contributed by atoms with Crippen molar-refractivity contribution >= 4 is 33.0 Å². The third-order valence-electron chi connectivity index (χ3n) is 5.58. The van der Waals surface area contributed by atoms with Crippen molar-refractivity contribution in [2.45, 2.75) is 23.8 Å². The lowest BCUT2D eigenvalue weighted by molar-refractivity contribution is 0.0819. The maximum atomic E-state index is 12.9. The summed E-state index contributed by atoms with van der Waals surface area (Å²) in [5.41, 5.74) is 3.34. The van der Waals surface area contributed by atoms with Crippen LogP contribution < -0.4 is 9.62 Å². The second kappa shape index (κ2) is 9.30. The number of benzene rings is 3. The van der Waals surface area contributed by atoms with Crippen molar-refractivity contribution in [2.24, 2.45) is 0 Å². The first kappa shape index (κ1) is 21.7. The number of sulfonamides is 1. The lowest BCUT2D eigenvalue weighted by atomic mass is 10.1. The van der Waals surface area contributed by atoms with Crippen LogP contribution in [0.2, 0.25) is 5.02 Å². The molecule has 0 radical (unpaired) electrons. The minimum Gasteiger partial charge on any atom is -0.381 e. The number of ether oxygens (including phenoxy) is 1. The molecule has 31 heavy (non-hydrogen) atoms. The number of nitrogens with one attached hydrogen (secondary N) is 1. The third kappa shape index (κ3) is 5.21. The van der Waals surface area contributed by atoms with Gasteiger partial charge in [-0.3, -0.25) is 4.72 Å². The van der Waals surface area contributed by atoms with E-state index < -0.39 is 10.0 Å². The van der Waals surface area contributed by atoms with Crippen LogP contribution in [0, 0.1) is 0 Å². The SMILES string of the molecule is COC1CCN(c2ccc(NS(=O)(=O)c3cccc(-c4ccc(Cl)cc4)c3)cc2)CC1. The number of nitrogens with zero attached hydrogens (tertiary/aromatic N) is 1. The Labute approximate surface area is 188 Å². The van der Waals surface area contributed by atoms with E-state index in [2.05, 4.69) is 9.62 Å². The van der Waals surface area contributed by atoms with Crippen molar-refractivity contribution in [3.8, 4) is 11.1 Å². The Balaban J connectivity index is 1.48. The number of hydrogen-bond donors (Lipinski definition) is 1. The summed E-state index contributed by atoms with van der Waals surface area (Å²) < 4.78 is 34.0. The Bertz CT molecular complexity index is 1120. The normalized spacial score (nSPS) is 15.1. The van der Waals surface area contributed by atoms with E-state index in [1.54, 1.807) is 49.6 Å². The van der Waals surface area contributed by atoms with Crippen LogP contribution in [0.15, 0.2) is 77.7 Å². The molecule has 1 N–H and O–H groups in total. The highest BCUT2D eigenvalue weighted by Gasteiger charge is 2.19. The molecule has 1 heterocycles. The van der Waals surface area contributed by atoms with Crippen molar-refractivity contribution in [2.75, 3.05) is 29.8 Å². The predicted molar refractivity (Wildman–Crippen MR) is 126 cm³/mol. The van der Waals surface area contributed by atoms with Crippen LogP contribution in [-0.4, -0.2) is 34.7 Å². The molecule has 1 aliphatic rings. The summed E-state index contributed by atoms with van der Waals surface area (Å²) in [4.78, 5) is 2.51. The fourth-order valence-corrected chi connectivity index (χ4v) is 5.02. The quantitative estimate of drug-likeness (QED) is 0.537. The average molecular weight is 457 g/mol. The van der Waals surface area contributed by atoms with Crippen LogP contribution >= 0.6 is 11.6 Å². The minimum atomic E-state index is -3.71. The van der Waals surface area contributed by atoms with Crippen LogP contribution in [0.25, 0.3) is 11.1 Å². The molecule has 0 saturated carbocycles. The van der Waals surface area contributed by atoms with Gasteiger partial charge in [0.25, 0.3) is 10.0 Å². The fraction of sp³-hybridized carbons (Fsp3) is 0.250. The molecular formula is C24H25ClN2O3S. The molecule has 7 heteroatoms. The van der Waals surface area contributed by atoms with Crippen molar-refractivity contribution < 1.29 is 13.2 Å². The standard InChI is InChI=1S/C24H25ClN2O3S/c1-30-23-13-15-27(16-14-23)22-11-9-21(10-12-22)26-31(28,29)24-4-2-3-19(17-24)18-5-7-20(25)8-6-18/h2-12,17,23,26H,13-16H2,1H3.